The first-order valence-electron chi connectivity index (χ1n) is 7.51. The average molecular weight is 317 g/mol. The molecule has 0 saturated carbocycles. The molecule has 0 aliphatic heterocycles. The largest absolute Gasteiger partial charge is 0.396 e. The molecule has 0 fully saturated rings. The van der Waals surface area contributed by atoms with E-state index < -0.39 is 18.1 Å². The number of hydrogen-bond acceptors (Lipinski definition) is 3. The van der Waals surface area contributed by atoms with Gasteiger partial charge < -0.3 is 15.5 Å². The van der Waals surface area contributed by atoms with E-state index in [0.29, 0.717) is 6.42 Å². The van der Waals surface area contributed by atoms with Gasteiger partial charge in [-0.2, -0.15) is 0 Å². The van der Waals surface area contributed by atoms with Gasteiger partial charge in [0.25, 0.3) is 0 Å². The Bertz CT molecular complexity index is 616. The van der Waals surface area contributed by atoms with E-state index in [2.05, 4.69) is 5.32 Å². The van der Waals surface area contributed by atoms with Crippen molar-refractivity contribution in [3.8, 4) is 0 Å². The number of carbonyl (C=O) groups excluding carboxylic acids is 1. The van der Waals surface area contributed by atoms with Crippen LogP contribution in [0.4, 0.5) is 4.39 Å². The second kappa shape index (κ2) is 8.41. The normalized spacial score (nSPS) is 13.3. The van der Waals surface area contributed by atoms with Crippen molar-refractivity contribution < 1.29 is 19.4 Å². The van der Waals surface area contributed by atoms with Gasteiger partial charge in [0.2, 0.25) is 5.91 Å². The Hall–Kier alpha value is -2.24. The molecule has 0 spiro atoms. The molecule has 2 atom stereocenters. The molecule has 3 N–H and O–H groups in total. The first kappa shape index (κ1) is 17.1. The summed E-state index contributed by atoms with van der Waals surface area (Å²) in [6.07, 6.45) is -0.650. The first-order valence-corrected chi connectivity index (χ1v) is 7.51. The van der Waals surface area contributed by atoms with Crippen LogP contribution in [-0.2, 0) is 4.79 Å². The molecule has 0 aromatic heterocycles. The third-order valence-corrected chi connectivity index (χ3v) is 3.56. The number of halogens is 1. The fourth-order valence-corrected chi connectivity index (χ4v) is 2.31. The number of carbonyl (C=O) groups is 1. The van der Waals surface area contributed by atoms with E-state index in [0.717, 1.165) is 11.1 Å². The van der Waals surface area contributed by atoms with Crippen molar-refractivity contribution in [3.05, 3.63) is 71.5 Å². The molecule has 2 aromatic carbocycles. The minimum atomic E-state index is -1.19. The van der Waals surface area contributed by atoms with Crippen LogP contribution in [0.2, 0.25) is 0 Å². The van der Waals surface area contributed by atoms with Gasteiger partial charge in [0.1, 0.15) is 11.9 Å². The standard InChI is InChI=1S/C18H20FNO3/c19-15-10-8-14(9-11-15)17(13-5-2-1-3-6-13)20-18(23)16(22)7-4-12-21/h1-3,5-6,8-11,16-17,21-22H,4,7,12H2,(H,20,23). The number of rotatable bonds is 7. The Morgan fingerprint density at radius 3 is 2.26 bits per heavy atom. The van der Waals surface area contributed by atoms with Gasteiger partial charge >= 0.3 is 0 Å². The van der Waals surface area contributed by atoms with Gasteiger partial charge in [-0.3, -0.25) is 4.79 Å². The second-order valence-electron chi connectivity index (χ2n) is 5.29. The average Bonchev–Trinajstić information content (AvgIpc) is 2.59. The number of benzene rings is 2. The SMILES string of the molecule is O=C(NC(c1ccccc1)c1ccc(F)cc1)C(O)CCCO. The molecule has 4 nitrogen and oxygen atoms in total. The van der Waals surface area contributed by atoms with Crippen LogP contribution in [-0.4, -0.2) is 28.8 Å². The zero-order valence-electron chi connectivity index (χ0n) is 12.7. The van der Waals surface area contributed by atoms with Gasteiger partial charge in [0.05, 0.1) is 6.04 Å². The van der Waals surface area contributed by atoms with Crippen LogP contribution in [0.3, 0.4) is 0 Å². The van der Waals surface area contributed by atoms with Crippen LogP contribution in [0, 0.1) is 5.82 Å². The maximum atomic E-state index is 13.1. The smallest absolute Gasteiger partial charge is 0.249 e. The van der Waals surface area contributed by atoms with Crippen molar-refractivity contribution in [1.29, 1.82) is 0 Å². The summed E-state index contributed by atoms with van der Waals surface area (Å²) in [5.74, 6) is -0.869. The highest BCUT2D eigenvalue weighted by Gasteiger charge is 2.21. The minimum absolute atomic E-state index is 0.0790. The lowest BCUT2D eigenvalue weighted by molar-refractivity contribution is -0.130. The molecule has 0 aliphatic rings. The van der Waals surface area contributed by atoms with Gasteiger partial charge in [0.15, 0.2) is 0 Å². The maximum Gasteiger partial charge on any atom is 0.249 e. The number of aliphatic hydroxyl groups excluding tert-OH is 2. The van der Waals surface area contributed by atoms with Crippen LogP contribution in [0.15, 0.2) is 54.6 Å². The van der Waals surface area contributed by atoms with Crippen molar-refractivity contribution in [2.75, 3.05) is 6.61 Å². The summed E-state index contributed by atoms with van der Waals surface area (Å²) in [5.41, 5.74) is 1.56. The summed E-state index contributed by atoms with van der Waals surface area (Å²) >= 11 is 0. The summed E-state index contributed by atoms with van der Waals surface area (Å²) in [7, 11) is 0. The van der Waals surface area contributed by atoms with E-state index in [1.807, 2.05) is 30.3 Å². The fraction of sp³-hybridized carbons (Fsp3) is 0.278. The summed E-state index contributed by atoms with van der Waals surface area (Å²) in [6, 6.07) is 14.7. The van der Waals surface area contributed by atoms with E-state index in [1.165, 1.54) is 12.1 Å². The van der Waals surface area contributed by atoms with E-state index in [-0.39, 0.29) is 18.8 Å². The Balaban J connectivity index is 2.21. The molecule has 0 heterocycles. The molecule has 23 heavy (non-hydrogen) atoms. The number of amides is 1. The van der Waals surface area contributed by atoms with E-state index >= 15 is 0 Å². The first-order chi connectivity index (χ1) is 11.1. The Labute approximate surface area is 134 Å². The maximum absolute atomic E-state index is 13.1. The van der Waals surface area contributed by atoms with Crippen LogP contribution in [0.5, 0.6) is 0 Å². The summed E-state index contributed by atoms with van der Waals surface area (Å²) in [4.78, 5) is 12.2. The molecule has 122 valence electrons. The number of nitrogens with one attached hydrogen (secondary N) is 1. The molecular weight excluding hydrogens is 297 g/mol. The van der Waals surface area contributed by atoms with Crippen molar-refractivity contribution in [1.82, 2.24) is 5.32 Å². The predicted molar refractivity (Wildman–Crippen MR) is 85.2 cm³/mol. The zero-order valence-corrected chi connectivity index (χ0v) is 12.7. The van der Waals surface area contributed by atoms with Crippen LogP contribution >= 0.6 is 0 Å². The van der Waals surface area contributed by atoms with Gasteiger partial charge in [-0.1, -0.05) is 42.5 Å². The lowest BCUT2D eigenvalue weighted by Gasteiger charge is -2.21. The summed E-state index contributed by atoms with van der Waals surface area (Å²) in [6.45, 7) is -0.0790. The monoisotopic (exact) mass is 317 g/mol. The molecule has 0 bridgehead atoms. The lowest BCUT2D eigenvalue weighted by Crippen LogP contribution is -2.37. The van der Waals surface area contributed by atoms with Gasteiger partial charge in [-0.05, 0) is 36.1 Å². The quantitative estimate of drug-likeness (QED) is 0.733. The molecule has 0 aliphatic carbocycles. The zero-order chi connectivity index (χ0) is 16.7. The summed E-state index contributed by atoms with van der Waals surface area (Å²) < 4.78 is 13.1. The van der Waals surface area contributed by atoms with E-state index in [4.69, 9.17) is 5.11 Å². The Morgan fingerprint density at radius 2 is 1.65 bits per heavy atom. The van der Waals surface area contributed by atoms with Crippen molar-refractivity contribution >= 4 is 5.91 Å². The fourth-order valence-electron chi connectivity index (χ4n) is 2.31. The molecular formula is C18H20FNO3. The number of aliphatic hydroxyl groups is 2. The molecule has 2 aromatic rings. The summed E-state index contributed by atoms with van der Waals surface area (Å²) in [5, 5.41) is 21.4. The Morgan fingerprint density at radius 1 is 1.04 bits per heavy atom. The third kappa shape index (κ3) is 4.87. The predicted octanol–water partition coefficient (Wildman–Crippen LogP) is 2.16. The third-order valence-electron chi connectivity index (χ3n) is 3.56. The second-order valence-corrected chi connectivity index (χ2v) is 5.29. The molecule has 1 amide bonds. The molecule has 2 unspecified atom stereocenters. The molecule has 0 saturated heterocycles. The van der Waals surface area contributed by atoms with Gasteiger partial charge in [-0.25, -0.2) is 4.39 Å². The van der Waals surface area contributed by atoms with Crippen LogP contribution < -0.4 is 5.32 Å². The van der Waals surface area contributed by atoms with Gasteiger partial charge in [-0.15, -0.1) is 0 Å². The lowest BCUT2D eigenvalue weighted by atomic mass is 9.98. The Kier molecular flexibility index (Phi) is 6.26. The van der Waals surface area contributed by atoms with Crippen molar-refractivity contribution in [3.63, 3.8) is 0 Å². The van der Waals surface area contributed by atoms with E-state index in [1.54, 1.807) is 12.1 Å². The molecule has 0 radical (unpaired) electrons. The van der Waals surface area contributed by atoms with Crippen molar-refractivity contribution in [2.45, 2.75) is 25.0 Å². The van der Waals surface area contributed by atoms with Crippen LogP contribution in [0.25, 0.3) is 0 Å². The molecule has 2 rings (SSSR count). The number of hydrogen-bond donors (Lipinski definition) is 3. The molecule has 5 heteroatoms. The highest BCUT2D eigenvalue weighted by Crippen LogP contribution is 2.22. The topological polar surface area (TPSA) is 69.6 Å². The highest BCUT2D eigenvalue weighted by molar-refractivity contribution is 5.81. The minimum Gasteiger partial charge on any atom is -0.396 e. The van der Waals surface area contributed by atoms with E-state index in [9.17, 15) is 14.3 Å². The van der Waals surface area contributed by atoms with Crippen LogP contribution in [0.1, 0.15) is 30.0 Å². The van der Waals surface area contributed by atoms with Crippen molar-refractivity contribution in [2.24, 2.45) is 0 Å². The van der Waals surface area contributed by atoms with Gasteiger partial charge in [0, 0.05) is 6.61 Å². The highest BCUT2D eigenvalue weighted by atomic mass is 19.1.